The van der Waals surface area contributed by atoms with Gasteiger partial charge in [-0.15, -0.1) is 11.3 Å². The monoisotopic (exact) mass is 320 g/mol. The van der Waals surface area contributed by atoms with E-state index in [-0.39, 0.29) is 11.8 Å². The predicted molar refractivity (Wildman–Crippen MR) is 84.0 cm³/mol. The molecule has 3 rings (SSSR count). The second-order valence-corrected chi connectivity index (χ2v) is 7.13. The van der Waals surface area contributed by atoms with E-state index in [0.717, 1.165) is 22.1 Å². The van der Waals surface area contributed by atoms with Crippen LogP contribution in [-0.2, 0) is 6.42 Å². The third-order valence-electron chi connectivity index (χ3n) is 4.02. The van der Waals surface area contributed by atoms with Crippen molar-refractivity contribution in [2.45, 2.75) is 33.3 Å². The topological polar surface area (TPSA) is 82.1 Å². The largest absolute Gasteiger partial charge is 0.391 e. The molecule has 0 unspecified atom stereocenters. The minimum absolute atomic E-state index is 0.0251. The second-order valence-electron chi connectivity index (χ2n) is 5.93. The van der Waals surface area contributed by atoms with E-state index in [1.165, 1.54) is 11.3 Å². The fourth-order valence-electron chi connectivity index (χ4n) is 2.94. The number of aromatic nitrogens is 3. The maximum Gasteiger partial charge on any atom is 0.265 e. The summed E-state index contributed by atoms with van der Waals surface area (Å²) in [4.78, 5) is 19.3. The van der Waals surface area contributed by atoms with E-state index in [1.54, 1.807) is 4.90 Å². The van der Waals surface area contributed by atoms with Gasteiger partial charge in [0.2, 0.25) is 0 Å². The summed E-state index contributed by atoms with van der Waals surface area (Å²) in [6.45, 7) is 6.64. The Morgan fingerprint density at radius 3 is 2.82 bits per heavy atom. The number of aryl methyl sites for hydroxylation is 3. The van der Waals surface area contributed by atoms with E-state index < -0.39 is 6.10 Å². The highest BCUT2D eigenvalue weighted by atomic mass is 32.1. The van der Waals surface area contributed by atoms with E-state index in [4.69, 9.17) is 0 Å². The molecule has 1 aliphatic rings. The lowest BCUT2D eigenvalue weighted by atomic mass is 10.0. The minimum atomic E-state index is -0.504. The lowest BCUT2D eigenvalue weighted by Crippen LogP contribution is -2.29. The number of nitrogens with one attached hydrogen (secondary N) is 1. The van der Waals surface area contributed by atoms with Crippen molar-refractivity contribution in [2.24, 2.45) is 5.92 Å². The zero-order valence-electron chi connectivity index (χ0n) is 13.0. The number of carbonyl (C=O) groups excluding carboxylic acids is 1. The van der Waals surface area contributed by atoms with Crippen LogP contribution in [0.3, 0.4) is 0 Å². The summed E-state index contributed by atoms with van der Waals surface area (Å²) < 4.78 is 0. The zero-order valence-corrected chi connectivity index (χ0v) is 13.8. The standard InChI is InChI=1S/C15H20N4O2S/c1-8-4-12(18-17-8)5-11-6-19(7-13(11)20)15(21)14-9(2)16-10(3)22-14/h4,11,13,20H,5-7H2,1-3H3,(H,17,18)/t11-,13+/m1/s1. The Labute approximate surface area is 133 Å². The molecule has 2 aromatic rings. The van der Waals surface area contributed by atoms with Gasteiger partial charge in [0.15, 0.2) is 0 Å². The van der Waals surface area contributed by atoms with Crippen LogP contribution in [0.15, 0.2) is 6.07 Å². The number of aliphatic hydroxyl groups is 1. The van der Waals surface area contributed by atoms with Crippen molar-refractivity contribution >= 4 is 17.2 Å². The van der Waals surface area contributed by atoms with Crippen molar-refractivity contribution in [3.05, 3.63) is 33.0 Å². The molecule has 22 heavy (non-hydrogen) atoms. The van der Waals surface area contributed by atoms with Crippen LogP contribution in [0.5, 0.6) is 0 Å². The van der Waals surface area contributed by atoms with Crippen LogP contribution in [0.25, 0.3) is 0 Å². The summed E-state index contributed by atoms with van der Waals surface area (Å²) in [6, 6.07) is 1.98. The molecule has 1 amide bonds. The molecule has 0 aliphatic carbocycles. The van der Waals surface area contributed by atoms with Crippen LogP contribution in [0.1, 0.15) is 31.8 Å². The predicted octanol–water partition coefficient (Wildman–Crippen LogP) is 1.47. The van der Waals surface area contributed by atoms with E-state index in [2.05, 4.69) is 15.2 Å². The highest BCUT2D eigenvalue weighted by molar-refractivity contribution is 7.13. The average Bonchev–Trinajstić information content (AvgIpc) is 3.11. The smallest absolute Gasteiger partial charge is 0.265 e. The molecular weight excluding hydrogens is 300 g/mol. The number of thiazole rings is 1. The zero-order chi connectivity index (χ0) is 15.9. The Balaban J connectivity index is 1.70. The third-order valence-corrected chi connectivity index (χ3v) is 5.08. The van der Waals surface area contributed by atoms with E-state index in [9.17, 15) is 9.90 Å². The summed E-state index contributed by atoms with van der Waals surface area (Å²) in [5.41, 5.74) is 2.71. The number of nitrogens with zero attached hydrogens (tertiary/aromatic N) is 3. The van der Waals surface area contributed by atoms with Gasteiger partial charge in [0.25, 0.3) is 5.91 Å². The molecule has 118 valence electrons. The summed E-state index contributed by atoms with van der Waals surface area (Å²) >= 11 is 1.42. The lowest BCUT2D eigenvalue weighted by molar-refractivity contribution is 0.0768. The van der Waals surface area contributed by atoms with Crippen LogP contribution in [0.4, 0.5) is 0 Å². The van der Waals surface area contributed by atoms with Gasteiger partial charge in [-0.25, -0.2) is 4.98 Å². The van der Waals surface area contributed by atoms with Crippen LogP contribution in [-0.4, -0.2) is 50.3 Å². The Kier molecular flexibility index (Phi) is 4.01. The van der Waals surface area contributed by atoms with Crippen LogP contribution < -0.4 is 0 Å². The SMILES string of the molecule is Cc1cc(C[C@@H]2CN(C(=O)c3sc(C)nc3C)C[C@@H]2O)n[nH]1. The Hall–Kier alpha value is -1.73. The molecule has 0 spiro atoms. The molecule has 2 atom stereocenters. The maximum absolute atomic E-state index is 12.6. The van der Waals surface area contributed by atoms with Gasteiger partial charge in [-0.2, -0.15) is 5.10 Å². The van der Waals surface area contributed by atoms with Gasteiger partial charge < -0.3 is 10.0 Å². The molecule has 1 saturated heterocycles. The highest BCUT2D eigenvalue weighted by Gasteiger charge is 2.35. The first kappa shape index (κ1) is 15.2. The van der Waals surface area contributed by atoms with Gasteiger partial charge in [-0.1, -0.05) is 0 Å². The van der Waals surface area contributed by atoms with Crippen LogP contribution in [0, 0.1) is 26.7 Å². The number of amides is 1. The Morgan fingerprint density at radius 2 is 2.23 bits per heavy atom. The number of carbonyl (C=O) groups is 1. The van der Waals surface area contributed by atoms with Crippen molar-refractivity contribution < 1.29 is 9.90 Å². The number of aliphatic hydroxyl groups excluding tert-OH is 1. The van der Waals surface area contributed by atoms with Crippen LogP contribution >= 0.6 is 11.3 Å². The first-order valence-electron chi connectivity index (χ1n) is 7.36. The van der Waals surface area contributed by atoms with Gasteiger partial charge in [0, 0.05) is 24.7 Å². The number of hydrogen-bond donors (Lipinski definition) is 2. The van der Waals surface area contributed by atoms with Crippen molar-refractivity contribution in [3.8, 4) is 0 Å². The number of hydrogen-bond acceptors (Lipinski definition) is 5. The Morgan fingerprint density at radius 1 is 1.45 bits per heavy atom. The van der Waals surface area contributed by atoms with E-state index >= 15 is 0 Å². The van der Waals surface area contributed by atoms with Gasteiger partial charge in [0.05, 0.1) is 22.5 Å². The number of β-amino-alcohol motifs (C(OH)–C–C–N with tert-alkyl or cyclic N) is 1. The number of H-pyrrole nitrogens is 1. The average molecular weight is 320 g/mol. The normalized spacial score (nSPS) is 21.5. The van der Waals surface area contributed by atoms with Gasteiger partial charge in [-0.05, 0) is 33.3 Å². The molecule has 6 nitrogen and oxygen atoms in total. The van der Waals surface area contributed by atoms with Crippen molar-refractivity contribution in [2.75, 3.05) is 13.1 Å². The molecule has 2 aromatic heterocycles. The first-order valence-corrected chi connectivity index (χ1v) is 8.18. The molecule has 7 heteroatoms. The fraction of sp³-hybridized carbons (Fsp3) is 0.533. The third kappa shape index (κ3) is 2.91. The molecule has 2 N–H and O–H groups in total. The molecule has 1 fully saturated rings. The number of aromatic amines is 1. The first-order chi connectivity index (χ1) is 10.4. The summed E-state index contributed by atoms with van der Waals surface area (Å²) in [7, 11) is 0. The van der Waals surface area contributed by atoms with E-state index in [1.807, 2.05) is 26.8 Å². The molecule has 1 aliphatic heterocycles. The summed E-state index contributed by atoms with van der Waals surface area (Å²) in [5.74, 6) is 0.00355. The molecular formula is C15H20N4O2S. The molecule has 0 bridgehead atoms. The molecule has 0 aromatic carbocycles. The van der Waals surface area contributed by atoms with Crippen molar-refractivity contribution in [1.29, 1.82) is 0 Å². The minimum Gasteiger partial charge on any atom is -0.391 e. The molecule has 0 saturated carbocycles. The highest BCUT2D eigenvalue weighted by Crippen LogP contribution is 2.26. The van der Waals surface area contributed by atoms with Gasteiger partial charge in [-0.3, -0.25) is 9.89 Å². The number of likely N-dealkylation sites (tertiary alicyclic amines) is 1. The maximum atomic E-state index is 12.6. The molecule has 3 heterocycles. The quantitative estimate of drug-likeness (QED) is 0.897. The van der Waals surface area contributed by atoms with E-state index in [0.29, 0.717) is 24.4 Å². The number of rotatable bonds is 3. The summed E-state index contributed by atoms with van der Waals surface area (Å²) in [6.07, 6.45) is 0.172. The van der Waals surface area contributed by atoms with Gasteiger partial charge in [0.1, 0.15) is 4.88 Å². The summed E-state index contributed by atoms with van der Waals surface area (Å²) in [5, 5.41) is 18.3. The van der Waals surface area contributed by atoms with Crippen molar-refractivity contribution in [3.63, 3.8) is 0 Å². The van der Waals surface area contributed by atoms with Crippen LogP contribution in [0.2, 0.25) is 0 Å². The van der Waals surface area contributed by atoms with Crippen molar-refractivity contribution in [1.82, 2.24) is 20.1 Å². The fourth-order valence-corrected chi connectivity index (χ4v) is 3.83. The molecule has 0 radical (unpaired) electrons. The second kappa shape index (κ2) is 5.81. The Bertz CT molecular complexity index is 694. The van der Waals surface area contributed by atoms with Gasteiger partial charge >= 0.3 is 0 Å². The lowest BCUT2D eigenvalue weighted by Gasteiger charge is -2.15.